The number of halogens is 1. The van der Waals surface area contributed by atoms with Gasteiger partial charge < -0.3 is 10.5 Å². The van der Waals surface area contributed by atoms with E-state index in [4.69, 9.17) is 27.3 Å². The van der Waals surface area contributed by atoms with Gasteiger partial charge >= 0.3 is 0 Å². The van der Waals surface area contributed by atoms with Gasteiger partial charge in [0.25, 0.3) is 0 Å². The Morgan fingerprint density at radius 1 is 1.24 bits per heavy atom. The molecule has 0 aliphatic rings. The first-order valence-electron chi connectivity index (χ1n) is 6.75. The van der Waals surface area contributed by atoms with Gasteiger partial charge in [-0.25, -0.2) is 0 Å². The smallest absolute Gasteiger partial charge is 0.123 e. The third kappa shape index (κ3) is 4.22. The first kappa shape index (κ1) is 15.4. The molecular formula is C17H17ClN2O. The summed E-state index contributed by atoms with van der Waals surface area (Å²) in [5.41, 5.74) is 8.32. The van der Waals surface area contributed by atoms with E-state index in [2.05, 4.69) is 6.07 Å². The van der Waals surface area contributed by atoms with Crippen molar-refractivity contribution in [2.24, 2.45) is 5.73 Å². The van der Waals surface area contributed by atoms with E-state index in [1.165, 1.54) is 0 Å². The first-order valence-corrected chi connectivity index (χ1v) is 7.12. The molecule has 0 amide bonds. The second kappa shape index (κ2) is 7.12. The highest BCUT2D eigenvalue weighted by Crippen LogP contribution is 2.25. The van der Waals surface area contributed by atoms with Crippen molar-refractivity contribution >= 4 is 11.6 Å². The lowest BCUT2D eigenvalue weighted by Gasteiger charge is -2.14. The summed E-state index contributed by atoms with van der Waals surface area (Å²) in [4.78, 5) is 0. The van der Waals surface area contributed by atoms with Crippen LogP contribution in [0.3, 0.4) is 0 Å². The van der Waals surface area contributed by atoms with Crippen molar-refractivity contribution < 1.29 is 4.74 Å². The Morgan fingerprint density at radius 3 is 2.71 bits per heavy atom. The highest BCUT2D eigenvalue weighted by Gasteiger charge is 2.09. The van der Waals surface area contributed by atoms with E-state index >= 15 is 0 Å². The lowest BCUT2D eigenvalue weighted by atomic mass is 10.1. The lowest BCUT2D eigenvalue weighted by molar-refractivity contribution is 0.302. The molecule has 0 heterocycles. The predicted octanol–water partition coefficient (Wildman–Crippen LogP) is 3.68. The van der Waals surface area contributed by atoms with Gasteiger partial charge in [-0.2, -0.15) is 5.26 Å². The summed E-state index contributed by atoms with van der Waals surface area (Å²) in [6.45, 7) is 2.28. The second-order valence-electron chi connectivity index (χ2n) is 4.99. The van der Waals surface area contributed by atoms with Crippen LogP contribution in [-0.2, 0) is 13.0 Å². The molecule has 0 aliphatic carbocycles. The van der Waals surface area contributed by atoms with E-state index in [0.717, 1.165) is 16.9 Å². The summed E-state index contributed by atoms with van der Waals surface area (Å²) in [6.07, 6.45) is 0.690. The van der Waals surface area contributed by atoms with Gasteiger partial charge in [-0.05, 0) is 43.2 Å². The fraction of sp³-hybridized carbons (Fsp3) is 0.235. The highest BCUT2D eigenvalue weighted by atomic mass is 35.5. The zero-order valence-corrected chi connectivity index (χ0v) is 12.6. The number of nitrogens with two attached hydrogens (primary N) is 1. The van der Waals surface area contributed by atoms with Crippen LogP contribution in [0, 0.1) is 11.3 Å². The molecule has 108 valence electrons. The molecule has 0 saturated carbocycles. The van der Waals surface area contributed by atoms with Crippen LogP contribution in [0.1, 0.15) is 23.6 Å². The Morgan fingerprint density at radius 2 is 2.00 bits per heavy atom. The summed E-state index contributed by atoms with van der Waals surface area (Å²) in [5, 5.41) is 9.75. The van der Waals surface area contributed by atoms with Crippen molar-refractivity contribution in [1.29, 1.82) is 5.26 Å². The van der Waals surface area contributed by atoms with Gasteiger partial charge in [-0.15, -0.1) is 0 Å². The van der Waals surface area contributed by atoms with Gasteiger partial charge in [-0.3, -0.25) is 0 Å². The number of hydrogen-bond donors (Lipinski definition) is 1. The van der Waals surface area contributed by atoms with Gasteiger partial charge in [0, 0.05) is 16.6 Å². The van der Waals surface area contributed by atoms with Crippen LogP contribution in [0.15, 0.2) is 42.5 Å². The zero-order valence-electron chi connectivity index (χ0n) is 11.8. The number of benzene rings is 2. The number of hydrogen-bond acceptors (Lipinski definition) is 3. The van der Waals surface area contributed by atoms with Crippen LogP contribution in [0.5, 0.6) is 5.75 Å². The SMILES string of the molecule is CC(N)Cc1cc(Cl)ccc1OCc1ccccc1C#N. The normalized spacial score (nSPS) is 11.7. The maximum absolute atomic E-state index is 9.09. The van der Waals surface area contributed by atoms with E-state index in [-0.39, 0.29) is 6.04 Å². The zero-order chi connectivity index (χ0) is 15.2. The molecule has 0 aliphatic heterocycles. The average molecular weight is 301 g/mol. The van der Waals surface area contributed by atoms with Crippen LogP contribution < -0.4 is 10.5 Å². The largest absolute Gasteiger partial charge is 0.489 e. The van der Waals surface area contributed by atoms with Crippen molar-refractivity contribution in [2.45, 2.75) is 26.0 Å². The minimum absolute atomic E-state index is 0.0252. The van der Waals surface area contributed by atoms with Crippen molar-refractivity contribution in [2.75, 3.05) is 0 Å². The molecule has 4 heteroatoms. The van der Waals surface area contributed by atoms with Crippen LogP contribution in [0.25, 0.3) is 0 Å². The van der Waals surface area contributed by atoms with Gasteiger partial charge in [-0.1, -0.05) is 29.8 Å². The molecule has 2 aromatic carbocycles. The fourth-order valence-corrected chi connectivity index (χ4v) is 2.30. The standard InChI is InChI=1S/C17H17ClN2O/c1-12(20)8-15-9-16(18)6-7-17(15)21-11-14-5-3-2-4-13(14)10-19/h2-7,9,12H,8,11,20H2,1H3. The molecule has 0 fully saturated rings. The Balaban J connectivity index is 2.18. The molecule has 21 heavy (non-hydrogen) atoms. The van der Waals surface area contributed by atoms with E-state index in [9.17, 15) is 0 Å². The third-order valence-corrected chi connectivity index (χ3v) is 3.32. The molecule has 0 aromatic heterocycles. The Labute approximate surface area is 129 Å². The minimum Gasteiger partial charge on any atom is -0.489 e. The number of nitriles is 1. The molecule has 2 N–H and O–H groups in total. The van der Waals surface area contributed by atoms with Gasteiger partial charge in [0.2, 0.25) is 0 Å². The summed E-state index contributed by atoms with van der Waals surface area (Å²) in [6, 6.07) is 15.1. The highest BCUT2D eigenvalue weighted by molar-refractivity contribution is 6.30. The van der Waals surface area contributed by atoms with Crippen molar-refractivity contribution in [3.8, 4) is 11.8 Å². The van der Waals surface area contributed by atoms with Crippen LogP contribution in [0.2, 0.25) is 5.02 Å². The molecule has 2 rings (SSSR count). The van der Waals surface area contributed by atoms with Gasteiger partial charge in [0.05, 0.1) is 11.6 Å². The Hall–Kier alpha value is -2.02. The first-order chi connectivity index (χ1) is 10.1. The van der Waals surface area contributed by atoms with Crippen molar-refractivity contribution in [1.82, 2.24) is 0 Å². The fourth-order valence-electron chi connectivity index (χ4n) is 2.11. The molecular weight excluding hydrogens is 284 g/mol. The van der Waals surface area contributed by atoms with E-state index < -0.39 is 0 Å². The van der Waals surface area contributed by atoms with Crippen LogP contribution >= 0.6 is 11.6 Å². The number of nitrogens with zero attached hydrogens (tertiary/aromatic N) is 1. The molecule has 1 atom stereocenters. The summed E-state index contributed by atoms with van der Waals surface area (Å²) >= 11 is 6.03. The Bertz CT molecular complexity index is 662. The maximum atomic E-state index is 9.09. The van der Waals surface area contributed by atoms with E-state index in [1.807, 2.05) is 37.3 Å². The number of ether oxygens (including phenoxy) is 1. The van der Waals surface area contributed by atoms with E-state index in [0.29, 0.717) is 23.6 Å². The Kier molecular flexibility index (Phi) is 5.21. The van der Waals surface area contributed by atoms with Crippen molar-refractivity contribution in [3.63, 3.8) is 0 Å². The quantitative estimate of drug-likeness (QED) is 0.916. The monoisotopic (exact) mass is 300 g/mol. The molecule has 0 radical (unpaired) electrons. The van der Waals surface area contributed by atoms with E-state index in [1.54, 1.807) is 12.1 Å². The lowest BCUT2D eigenvalue weighted by Crippen LogP contribution is -2.18. The summed E-state index contributed by atoms with van der Waals surface area (Å²) in [7, 11) is 0. The molecule has 0 spiro atoms. The summed E-state index contributed by atoms with van der Waals surface area (Å²) < 4.78 is 5.86. The number of rotatable bonds is 5. The van der Waals surface area contributed by atoms with Gasteiger partial charge in [0.15, 0.2) is 0 Å². The van der Waals surface area contributed by atoms with Crippen LogP contribution in [-0.4, -0.2) is 6.04 Å². The third-order valence-electron chi connectivity index (χ3n) is 3.09. The maximum Gasteiger partial charge on any atom is 0.123 e. The molecule has 3 nitrogen and oxygen atoms in total. The molecule has 0 bridgehead atoms. The molecule has 1 unspecified atom stereocenters. The van der Waals surface area contributed by atoms with Crippen LogP contribution in [0.4, 0.5) is 0 Å². The predicted molar refractivity (Wildman–Crippen MR) is 84.3 cm³/mol. The minimum atomic E-state index is 0.0252. The topological polar surface area (TPSA) is 59.0 Å². The summed E-state index contributed by atoms with van der Waals surface area (Å²) in [5.74, 6) is 0.754. The molecule has 2 aromatic rings. The average Bonchev–Trinajstić information content (AvgIpc) is 2.46. The van der Waals surface area contributed by atoms with Crippen molar-refractivity contribution in [3.05, 3.63) is 64.2 Å². The van der Waals surface area contributed by atoms with Gasteiger partial charge in [0.1, 0.15) is 12.4 Å². The second-order valence-corrected chi connectivity index (χ2v) is 5.43. The molecule has 0 saturated heterocycles.